The molecular formula is C38H30N2O4. The summed E-state index contributed by atoms with van der Waals surface area (Å²) in [4.78, 5) is 55.8. The fourth-order valence-corrected chi connectivity index (χ4v) is 7.23. The molecule has 0 radical (unpaired) electrons. The van der Waals surface area contributed by atoms with Crippen LogP contribution < -0.4 is 10.2 Å². The van der Waals surface area contributed by atoms with Gasteiger partial charge >= 0.3 is 0 Å². The van der Waals surface area contributed by atoms with E-state index in [4.69, 9.17) is 0 Å². The van der Waals surface area contributed by atoms with Gasteiger partial charge in [-0.2, -0.15) is 0 Å². The fraction of sp³-hybridized carbons (Fsp3) is 0.211. The van der Waals surface area contributed by atoms with Crippen molar-refractivity contribution in [3.63, 3.8) is 0 Å². The second kappa shape index (κ2) is 8.29. The number of rotatable bonds is 1. The maximum absolute atomic E-state index is 14.5. The molecule has 0 atom stereocenters. The molecule has 0 aromatic heterocycles. The van der Waals surface area contributed by atoms with Gasteiger partial charge in [-0.25, -0.2) is 4.90 Å². The summed E-state index contributed by atoms with van der Waals surface area (Å²) < 4.78 is 0. The highest BCUT2D eigenvalue weighted by molar-refractivity contribution is 6.43. The Morgan fingerprint density at radius 2 is 0.932 bits per heavy atom. The van der Waals surface area contributed by atoms with Gasteiger partial charge in [0.15, 0.2) is 0 Å². The van der Waals surface area contributed by atoms with E-state index in [1.807, 2.05) is 48.5 Å². The number of nitrogens with one attached hydrogen (secondary N) is 1. The molecule has 0 aliphatic carbocycles. The third-order valence-corrected chi connectivity index (χ3v) is 9.40. The lowest BCUT2D eigenvalue weighted by Crippen LogP contribution is -2.42. The number of hydrogen-bond acceptors (Lipinski definition) is 4. The SMILES string of the molecule is CC(C)(C)c1ccc(C(C)(C)C)c(N2C(=O)c3ccc4c5ccc6c7c(ccc(c8ccc(c3c48)C2=O)c75)C(=O)NC6=O)c1. The average molecular weight is 579 g/mol. The molecule has 1 N–H and O–H groups in total. The Hall–Kier alpha value is -5.10. The summed E-state index contributed by atoms with van der Waals surface area (Å²) >= 11 is 0. The molecule has 0 bridgehead atoms. The summed E-state index contributed by atoms with van der Waals surface area (Å²) in [6.07, 6.45) is 0. The van der Waals surface area contributed by atoms with Gasteiger partial charge < -0.3 is 0 Å². The van der Waals surface area contributed by atoms with E-state index in [0.717, 1.165) is 43.4 Å². The summed E-state index contributed by atoms with van der Waals surface area (Å²) in [5, 5.41) is 8.87. The maximum atomic E-state index is 14.5. The van der Waals surface area contributed by atoms with Crippen molar-refractivity contribution in [2.75, 3.05) is 4.90 Å². The number of anilines is 1. The van der Waals surface area contributed by atoms with Crippen LogP contribution >= 0.6 is 0 Å². The quantitative estimate of drug-likeness (QED) is 0.122. The van der Waals surface area contributed by atoms with E-state index in [-0.39, 0.29) is 22.6 Å². The Morgan fingerprint density at radius 1 is 0.500 bits per heavy atom. The van der Waals surface area contributed by atoms with E-state index in [0.29, 0.717) is 38.7 Å². The van der Waals surface area contributed by atoms with E-state index in [2.05, 4.69) is 52.9 Å². The normalized spacial score (nSPS) is 15.4. The summed E-state index contributed by atoms with van der Waals surface area (Å²) in [5.41, 5.74) is 3.98. The molecule has 6 heteroatoms. The van der Waals surface area contributed by atoms with Crippen LogP contribution in [0.3, 0.4) is 0 Å². The molecule has 4 amide bonds. The molecule has 0 saturated heterocycles. The van der Waals surface area contributed by atoms with Gasteiger partial charge in [0.25, 0.3) is 23.6 Å². The molecule has 216 valence electrons. The Labute approximate surface area is 254 Å². The van der Waals surface area contributed by atoms with Gasteiger partial charge in [-0.15, -0.1) is 0 Å². The van der Waals surface area contributed by atoms with Crippen molar-refractivity contribution in [2.24, 2.45) is 0 Å². The first-order chi connectivity index (χ1) is 20.8. The van der Waals surface area contributed by atoms with Gasteiger partial charge in [-0.05, 0) is 84.6 Å². The zero-order valence-electron chi connectivity index (χ0n) is 25.4. The molecule has 0 fully saturated rings. The highest BCUT2D eigenvalue weighted by atomic mass is 16.2. The van der Waals surface area contributed by atoms with E-state index < -0.39 is 11.8 Å². The van der Waals surface area contributed by atoms with Crippen molar-refractivity contribution in [1.82, 2.24) is 5.32 Å². The zero-order valence-corrected chi connectivity index (χ0v) is 25.4. The van der Waals surface area contributed by atoms with Crippen molar-refractivity contribution in [1.29, 1.82) is 0 Å². The maximum Gasteiger partial charge on any atom is 0.265 e. The first-order valence-corrected chi connectivity index (χ1v) is 14.9. The molecular weight excluding hydrogens is 548 g/mol. The Morgan fingerprint density at radius 3 is 1.36 bits per heavy atom. The fourth-order valence-electron chi connectivity index (χ4n) is 7.23. The van der Waals surface area contributed by atoms with Crippen LogP contribution in [0.15, 0.2) is 66.7 Å². The molecule has 44 heavy (non-hydrogen) atoms. The highest BCUT2D eigenvalue weighted by Gasteiger charge is 2.38. The first kappa shape index (κ1) is 26.5. The lowest BCUT2D eigenvalue weighted by Gasteiger charge is -2.34. The van der Waals surface area contributed by atoms with Gasteiger partial charge in [0.2, 0.25) is 0 Å². The Balaban J connectivity index is 1.44. The predicted octanol–water partition coefficient (Wildman–Crippen LogP) is 8.02. The summed E-state index contributed by atoms with van der Waals surface area (Å²) in [5.74, 6) is -1.52. The summed E-state index contributed by atoms with van der Waals surface area (Å²) in [6.45, 7) is 12.6. The zero-order chi connectivity index (χ0) is 31.0. The topological polar surface area (TPSA) is 83.6 Å². The van der Waals surface area contributed by atoms with Crippen LogP contribution in [0.25, 0.3) is 43.1 Å². The number of amides is 4. The van der Waals surface area contributed by atoms with Gasteiger partial charge in [0.05, 0.1) is 5.69 Å². The number of nitrogens with zero attached hydrogens (tertiary/aromatic N) is 1. The number of carbonyl (C=O) groups is 4. The molecule has 6 aromatic carbocycles. The molecule has 2 aliphatic heterocycles. The predicted molar refractivity (Wildman–Crippen MR) is 174 cm³/mol. The van der Waals surface area contributed by atoms with E-state index >= 15 is 0 Å². The van der Waals surface area contributed by atoms with Crippen LogP contribution in [0.1, 0.15) is 94.1 Å². The summed E-state index contributed by atoms with van der Waals surface area (Å²) in [6, 6.07) is 20.9. The van der Waals surface area contributed by atoms with Crippen molar-refractivity contribution in [3.8, 4) is 0 Å². The number of hydrogen-bond donors (Lipinski definition) is 1. The van der Waals surface area contributed by atoms with Crippen molar-refractivity contribution in [3.05, 3.63) is 100 Å². The molecule has 0 saturated carbocycles. The molecule has 8 rings (SSSR count). The summed E-state index contributed by atoms with van der Waals surface area (Å²) in [7, 11) is 0. The molecule has 6 aromatic rings. The minimum atomic E-state index is -0.413. The van der Waals surface area contributed by atoms with Crippen LogP contribution in [0.5, 0.6) is 0 Å². The second-order valence-corrected chi connectivity index (χ2v) is 14.1. The highest BCUT2D eigenvalue weighted by Crippen LogP contribution is 2.47. The standard InChI is InChI=1S/C38H30N2O4/c1-37(2,3)18-7-16-27(38(4,5)6)28(17-18)40-35(43)25-14-10-21-19-8-12-23-31-24(34(42)39-33(23)41)13-9-20(29(19)31)22-11-15-26(36(40)44)32(25)30(21)22/h7-17H,1-6H3,(H,39,41,42). The van der Waals surface area contributed by atoms with E-state index in [1.54, 1.807) is 12.1 Å². The Bertz CT molecular complexity index is 2230. The van der Waals surface area contributed by atoms with Gasteiger partial charge in [-0.1, -0.05) is 77.9 Å². The number of carbonyl (C=O) groups excluding carboxylic acids is 4. The lowest BCUT2D eigenvalue weighted by atomic mass is 9.79. The van der Waals surface area contributed by atoms with Gasteiger partial charge in [0.1, 0.15) is 0 Å². The van der Waals surface area contributed by atoms with Gasteiger partial charge in [-0.3, -0.25) is 24.5 Å². The minimum absolute atomic E-state index is 0.175. The van der Waals surface area contributed by atoms with Gasteiger partial charge in [0, 0.05) is 33.0 Å². The molecule has 2 aliphatic rings. The first-order valence-electron chi connectivity index (χ1n) is 14.9. The van der Waals surface area contributed by atoms with Crippen LogP contribution in [-0.2, 0) is 10.8 Å². The number of imide groups is 2. The monoisotopic (exact) mass is 578 g/mol. The largest absolute Gasteiger partial charge is 0.288 e. The van der Waals surface area contributed by atoms with Crippen LogP contribution in [0.2, 0.25) is 0 Å². The van der Waals surface area contributed by atoms with E-state index in [9.17, 15) is 19.2 Å². The van der Waals surface area contributed by atoms with Crippen molar-refractivity contribution < 1.29 is 19.2 Å². The van der Waals surface area contributed by atoms with E-state index in [1.165, 1.54) is 4.90 Å². The van der Waals surface area contributed by atoms with Crippen molar-refractivity contribution in [2.45, 2.75) is 52.4 Å². The Kier molecular flexibility index (Phi) is 5.00. The molecule has 0 spiro atoms. The van der Waals surface area contributed by atoms with Crippen molar-refractivity contribution >= 4 is 72.4 Å². The third kappa shape index (κ3) is 3.31. The molecule has 0 unspecified atom stereocenters. The third-order valence-electron chi connectivity index (χ3n) is 9.40. The lowest BCUT2D eigenvalue weighted by molar-refractivity contribution is 0.0840. The number of fused-ring (bicyclic) bond motifs is 2. The molecule has 6 nitrogen and oxygen atoms in total. The second-order valence-electron chi connectivity index (χ2n) is 14.1. The minimum Gasteiger partial charge on any atom is -0.288 e. The van der Waals surface area contributed by atoms with Crippen LogP contribution in [0.4, 0.5) is 5.69 Å². The van der Waals surface area contributed by atoms with Crippen LogP contribution in [0, 0.1) is 0 Å². The smallest absolute Gasteiger partial charge is 0.265 e. The molecule has 2 heterocycles. The number of benzene rings is 6. The van der Waals surface area contributed by atoms with Crippen LogP contribution in [-0.4, -0.2) is 23.6 Å². The average Bonchev–Trinajstić information content (AvgIpc) is 2.97.